The summed E-state index contributed by atoms with van der Waals surface area (Å²) in [4.78, 5) is 12.9. The van der Waals surface area contributed by atoms with Crippen LogP contribution in [0.4, 0.5) is 10.5 Å². The lowest BCUT2D eigenvalue weighted by molar-refractivity contribution is 0.174. The van der Waals surface area contributed by atoms with E-state index in [1.54, 1.807) is 32.4 Å². The van der Waals surface area contributed by atoms with E-state index < -0.39 is 0 Å². The Labute approximate surface area is 197 Å². The van der Waals surface area contributed by atoms with Gasteiger partial charge in [-0.25, -0.2) is 4.79 Å². The standard InChI is InChI=1S/C25H25ClN2O5/c1-30-20-7-3-16(4-8-20)11-19(12-17-5-9-23-24(13-17)33-15-32-23)27-25(29)28-21-14-18(26)6-10-22(21)31-2/h3-10,13-14,19H,11-12,15H2,1-2H3,(H2,27,28,29)/t19-/m1/s1. The van der Waals surface area contributed by atoms with Crippen molar-refractivity contribution in [2.24, 2.45) is 0 Å². The van der Waals surface area contributed by atoms with Gasteiger partial charge in [0.25, 0.3) is 0 Å². The number of carbonyl (C=O) groups excluding carboxylic acids is 1. The average Bonchev–Trinajstić information content (AvgIpc) is 3.27. The first-order valence-electron chi connectivity index (χ1n) is 10.5. The molecular weight excluding hydrogens is 444 g/mol. The van der Waals surface area contributed by atoms with E-state index in [1.165, 1.54) is 0 Å². The van der Waals surface area contributed by atoms with Gasteiger partial charge in [0.2, 0.25) is 6.79 Å². The van der Waals surface area contributed by atoms with E-state index in [-0.39, 0.29) is 18.9 Å². The normalized spacial score (nSPS) is 12.7. The van der Waals surface area contributed by atoms with Crippen molar-refractivity contribution >= 4 is 23.3 Å². The summed E-state index contributed by atoms with van der Waals surface area (Å²) in [7, 11) is 3.17. The highest BCUT2D eigenvalue weighted by Gasteiger charge is 2.19. The van der Waals surface area contributed by atoms with Crippen molar-refractivity contribution in [3.05, 3.63) is 76.8 Å². The van der Waals surface area contributed by atoms with E-state index in [9.17, 15) is 4.79 Å². The molecule has 1 aliphatic rings. The zero-order valence-electron chi connectivity index (χ0n) is 18.4. The minimum atomic E-state index is -0.352. The highest BCUT2D eigenvalue weighted by atomic mass is 35.5. The van der Waals surface area contributed by atoms with Crippen LogP contribution in [0.3, 0.4) is 0 Å². The van der Waals surface area contributed by atoms with Gasteiger partial charge in [-0.1, -0.05) is 29.8 Å². The molecule has 1 heterocycles. The highest BCUT2D eigenvalue weighted by Crippen LogP contribution is 2.33. The number of hydrogen-bond donors (Lipinski definition) is 2. The Morgan fingerprint density at radius 1 is 0.939 bits per heavy atom. The fourth-order valence-corrected chi connectivity index (χ4v) is 3.87. The van der Waals surface area contributed by atoms with Crippen LogP contribution in [-0.4, -0.2) is 33.1 Å². The third-order valence-electron chi connectivity index (χ3n) is 5.31. The van der Waals surface area contributed by atoms with E-state index in [4.69, 9.17) is 30.5 Å². The molecule has 2 N–H and O–H groups in total. The van der Waals surface area contributed by atoms with Gasteiger partial charge in [-0.15, -0.1) is 0 Å². The summed E-state index contributed by atoms with van der Waals surface area (Å²) < 4.78 is 21.5. The molecule has 4 rings (SSSR count). The number of anilines is 1. The first-order chi connectivity index (χ1) is 16.0. The molecule has 0 aliphatic carbocycles. The summed E-state index contributed by atoms with van der Waals surface area (Å²) in [6.45, 7) is 0.218. The number of rotatable bonds is 8. The number of benzene rings is 3. The quantitative estimate of drug-likeness (QED) is 0.483. The van der Waals surface area contributed by atoms with Gasteiger partial charge in [0.1, 0.15) is 11.5 Å². The molecule has 0 saturated heterocycles. The van der Waals surface area contributed by atoms with Gasteiger partial charge in [0, 0.05) is 11.1 Å². The lowest BCUT2D eigenvalue weighted by atomic mass is 9.98. The van der Waals surface area contributed by atoms with Gasteiger partial charge in [-0.3, -0.25) is 0 Å². The molecule has 3 aromatic carbocycles. The van der Waals surface area contributed by atoms with Crippen molar-refractivity contribution in [3.8, 4) is 23.0 Å². The molecule has 0 bridgehead atoms. The Bertz CT molecular complexity index is 1120. The number of nitrogens with one attached hydrogen (secondary N) is 2. The Kier molecular flexibility index (Phi) is 7.10. The van der Waals surface area contributed by atoms with Crippen molar-refractivity contribution in [2.75, 3.05) is 26.3 Å². The largest absolute Gasteiger partial charge is 0.497 e. The van der Waals surface area contributed by atoms with Crippen molar-refractivity contribution in [1.82, 2.24) is 5.32 Å². The maximum atomic E-state index is 12.9. The van der Waals surface area contributed by atoms with Crippen LogP contribution in [-0.2, 0) is 12.8 Å². The van der Waals surface area contributed by atoms with Crippen LogP contribution >= 0.6 is 11.6 Å². The van der Waals surface area contributed by atoms with Gasteiger partial charge in [0.05, 0.1) is 19.9 Å². The molecule has 0 radical (unpaired) electrons. The zero-order chi connectivity index (χ0) is 23.2. The smallest absolute Gasteiger partial charge is 0.319 e. The van der Waals surface area contributed by atoms with E-state index in [1.807, 2.05) is 42.5 Å². The number of halogens is 1. The molecule has 0 aromatic heterocycles. The number of amides is 2. The Morgan fingerprint density at radius 2 is 1.67 bits per heavy atom. The molecule has 8 heteroatoms. The molecule has 1 atom stereocenters. The Balaban J connectivity index is 1.51. The third kappa shape index (κ3) is 5.81. The number of carbonyl (C=O) groups is 1. The lowest BCUT2D eigenvalue weighted by Gasteiger charge is -2.20. The van der Waals surface area contributed by atoms with Crippen LogP contribution in [0.5, 0.6) is 23.0 Å². The van der Waals surface area contributed by atoms with Gasteiger partial charge in [-0.05, 0) is 66.4 Å². The van der Waals surface area contributed by atoms with Crippen molar-refractivity contribution < 1.29 is 23.7 Å². The van der Waals surface area contributed by atoms with E-state index in [2.05, 4.69) is 10.6 Å². The second-order valence-corrected chi connectivity index (χ2v) is 8.02. The molecule has 1 aliphatic heterocycles. The number of fused-ring (bicyclic) bond motifs is 1. The molecule has 172 valence electrons. The zero-order valence-corrected chi connectivity index (χ0v) is 19.1. The van der Waals surface area contributed by atoms with E-state index in [0.29, 0.717) is 35.1 Å². The molecule has 0 spiro atoms. The molecule has 7 nitrogen and oxygen atoms in total. The van der Waals surface area contributed by atoms with Crippen molar-refractivity contribution in [1.29, 1.82) is 0 Å². The maximum Gasteiger partial charge on any atom is 0.319 e. The Morgan fingerprint density at radius 3 is 2.42 bits per heavy atom. The van der Waals surface area contributed by atoms with Gasteiger partial charge in [0.15, 0.2) is 11.5 Å². The minimum absolute atomic E-state index is 0.191. The Hall–Kier alpha value is -3.58. The predicted molar refractivity (Wildman–Crippen MR) is 127 cm³/mol. The monoisotopic (exact) mass is 468 g/mol. The lowest BCUT2D eigenvalue weighted by Crippen LogP contribution is -2.40. The molecule has 0 saturated carbocycles. The van der Waals surface area contributed by atoms with Crippen molar-refractivity contribution in [3.63, 3.8) is 0 Å². The molecule has 3 aromatic rings. The molecule has 0 unspecified atom stereocenters. The first kappa shape index (κ1) is 22.6. The topological polar surface area (TPSA) is 78.0 Å². The van der Waals surface area contributed by atoms with Crippen LogP contribution < -0.4 is 29.6 Å². The summed E-state index contributed by atoms with van der Waals surface area (Å²) >= 11 is 6.09. The second kappa shape index (κ2) is 10.4. The SMILES string of the molecule is COc1ccc(C[C@H](Cc2ccc3c(c2)OCO3)NC(=O)Nc2cc(Cl)ccc2OC)cc1. The summed E-state index contributed by atoms with van der Waals surface area (Å²) in [5.74, 6) is 2.75. The maximum absolute atomic E-state index is 12.9. The number of hydrogen-bond acceptors (Lipinski definition) is 5. The number of methoxy groups -OCH3 is 2. The molecule has 2 amide bonds. The fourth-order valence-electron chi connectivity index (χ4n) is 3.69. The average molecular weight is 469 g/mol. The van der Waals surface area contributed by atoms with E-state index >= 15 is 0 Å². The summed E-state index contributed by atoms with van der Waals surface area (Å²) in [6, 6.07) is 18.1. The van der Waals surface area contributed by atoms with E-state index in [0.717, 1.165) is 22.6 Å². The molecule has 33 heavy (non-hydrogen) atoms. The number of urea groups is 1. The number of ether oxygens (including phenoxy) is 4. The van der Waals surface area contributed by atoms with Crippen LogP contribution in [0.2, 0.25) is 5.02 Å². The fraction of sp³-hybridized carbons (Fsp3) is 0.240. The predicted octanol–water partition coefficient (Wildman–Crippen LogP) is 5.06. The minimum Gasteiger partial charge on any atom is -0.497 e. The summed E-state index contributed by atoms with van der Waals surface area (Å²) in [5.41, 5.74) is 2.59. The summed E-state index contributed by atoms with van der Waals surface area (Å²) in [5, 5.41) is 6.42. The van der Waals surface area contributed by atoms with Crippen molar-refractivity contribution in [2.45, 2.75) is 18.9 Å². The van der Waals surface area contributed by atoms with Crippen LogP contribution in [0, 0.1) is 0 Å². The third-order valence-corrected chi connectivity index (χ3v) is 5.54. The second-order valence-electron chi connectivity index (χ2n) is 7.58. The molecular formula is C25H25ClN2O5. The molecule has 0 fully saturated rings. The van der Waals surface area contributed by atoms with Gasteiger partial charge < -0.3 is 29.6 Å². The highest BCUT2D eigenvalue weighted by molar-refractivity contribution is 6.31. The van der Waals surface area contributed by atoms with Crippen LogP contribution in [0.1, 0.15) is 11.1 Å². The van der Waals surface area contributed by atoms with Crippen LogP contribution in [0.25, 0.3) is 0 Å². The van der Waals surface area contributed by atoms with Gasteiger partial charge in [-0.2, -0.15) is 0 Å². The summed E-state index contributed by atoms with van der Waals surface area (Å²) in [6.07, 6.45) is 1.22. The van der Waals surface area contributed by atoms with Crippen LogP contribution in [0.15, 0.2) is 60.7 Å². The first-order valence-corrected chi connectivity index (χ1v) is 10.8. The van der Waals surface area contributed by atoms with Gasteiger partial charge >= 0.3 is 6.03 Å².